The van der Waals surface area contributed by atoms with E-state index in [1.165, 1.54) is 6.07 Å². The minimum absolute atomic E-state index is 0.233. The van der Waals surface area contributed by atoms with Crippen LogP contribution in [0.2, 0.25) is 5.02 Å². The van der Waals surface area contributed by atoms with Gasteiger partial charge in [0, 0.05) is 21.4 Å². The van der Waals surface area contributed by atoms with Gasteiger partial charge in [0.15, 0.2) is 11.5 Å². The van der Waals surface area contributed by atoms with E-state index >= 15 is 4.39 Å². The molecule has 1 unspecified atom stereocenters. The van der Waals surface area contributed by atoms with Crippen molar-refractivity contribution in [2.24, 2.45) is 5.41 Å². The molecule has 0 aromatic heterocycles. The van der Waals surface area contributed by atoms with Crippen LogP contribution in [0.15, 0.2) is 42.5 Å². The first-order valence-electron chi connectivity index (χ1n) is 14.1. The Morgan fingerprint density at radius 2 is 1.48 bits per heavy atom. The number of ether oxygens (including phenoxy) is 4. The maximum atomic E-state index is 15.1. The molecule has 0 aliphatic heterocycles. The van der Waals surface area contributed by atoms with Crippen LogP contribution in [0, 0.1) is 11.2 Å². The largest absolute Gasteiger partial charge is 0.484 e. The number of benzene rings is 3. The highest BCUT2D eigenvalue weighted by atomic mass is 35.5. The highest BCUT2D eigenvalue weighted by Gasteiger charge is 2.32. The van der Waals surface area contributed by atoms with E-state index in [0.717, 1.165) is 19.3 Å². The summed E-state index contributed by atoms with van der Waals surface area (Å²) in [6.45, 7) is 15.0. The van der Waals surface area contributed by atoms with Crippen molar-refractivity contribution in [1.29, 1.82) is 0 Å². The summed E-state index contributed by atoms with van der Waals surface area (Å²) in [7, 11) is 0. The monoisotopic (exact) mass is 572 g/mol. The van der Waals surface area contributed by atoms with Crippen molar-refractivity contribution in [3.05, 3.63) is 58.9 Å². The standard InChI is InChI=1S/C33H42ClFO5/c1-9-10-11-16-27(24-14-12-13-15-26(24)35)39-29-25-19-22(34)17-18-23(25)28(40-32(36)33(6,7)8)30(37-20(2)3)31(29)38-21(4)5/h12-15,17-21,27H,9-11,16H2,1-8H3. The lowest BCUT2D eigenvalue weighted by Crippen LogP contribution is -2.26. The molecule has 0 heterocycles. The van der Waals surface area contributed by atoms with Crippen LogP contribution in [0.1, 0.15) is 92.7 Å². The molecule has 0 aliphatic rings. The van der Waals surface area contributed by atoms with Gasteiger partial charge in [-0.05, 0) is 85.6 Å². The van der Waals surface area contributed by atoms with Gasteiger partial charge in [0.05, 0.1) is 17.6 Å². The van der Waals surface area contributed by atoms with Crippen LogP contribution in [0.5, 0.6) is 23.0 Å². The van der Waals surface area contributed by atoms with Gasteiger partial charge in [-0.2, -0.15) is 0 Å². The van der Waals surface area contributed by atoms with Crippen LogP contribution < -0.4 is 18.9 Å². The summed E-state index contributed by atoms with van der Waals surface area (Å²) in [5.41, 5.74) is -0.309. The van der Waals surface area contributed by atoms with Gasteiger partial charge in [-0.15, -0.1) is 0 Å². The Balaban J connectivity index is 2.36. The van der Waals surface area contributed by atoms with E-state index in [9.17, 15) is 4.79 Å². The molecule has 1 atom stereocenters. The van der Waals surface area contributed by atoms with E-state index < -0.39 is 17.5 Å². The molecule has 0 saturated heterocycles. The fourth-order valence-corrected chi connectivity index (χ4v) is 4.41. The van der Waals surface area contributed by atoms with Crippen molar-refractivity contribution < 1.29 is 28.1 Å². The molecule has 3 aromatic carbocycles. The molecule has 218 valence electrons. The summed E-state index contributed by atoms with van der Waals surface area (Å²) in [5, 5.41) is 1.62. The second kappa shape index (κ2) is 13.6. The Kier molecular flexibility index (Phi) is 10.7. The molecule has 0 aliphatic carbocycles. The van der Waals surface area contributed by atoms with Gasteiger partial charge in [0.25, 0.3) is 0 Å². The van der Waals surface area contributed by atoms with Gasteiger partial charge >= 0.3 is 5.97 Å². The molecule has 3 rings (SSSR count). The molecule has 5 nitrogen and oxygen atoms in total. The third-order valence-electron chi connectivity index (χ3n) is 6.19. The lowest BCUT2D eigenvalue weighted by Gasteiger charge is -2.28. The molecule has 0 N–H and O–H groups in total. The van der Waals surface area contributed by atoms with E-state index in [4.69, 9.17) is 30.5 Å². The normalized spacial score (nSPS) is 12.6. The van der Waals surface area contributed by atoms with Crippen molar-refractivity contribution >= 4 is 28.3 Å². The Morgan fingerprint density at radius 3 is 2.05 bits per heavy atom. The van der Waals surface area contributed by atoms with Crippen molar-refractivity contribution in [2.45, 2.75) is 99.4 Å². The number of rotatable bonds is 12. The number of carbonyl (C=O) groups is 1. The molecular weight excluding hydrogens is 531 g/mol. The van der Waals surface area contributed by atoms with Crippen molar-refractivity contribution in [1.82, 2.24) is 0 Å². The smallest absolute Gasteiger partial charge is 0.316 e. The molecule has 0 bridgehead atoms. The maximum Gasteiger partial charge on any atom is 0.316 e. The quantitative estimate of drug-likeness (QED) is 0.123. The number of halogens is 2. The van der Waals surface area contributed by atoms with Crippen LogP contribution in [0.25, 0.3) is 10.8 Å². The van der Waals surface area contributed by atoms with Crippen molar-refractivity contribution in [3.63, 3.8) is 0 Å². The number of fused-ring (bicyclic) bond motifs is 1. The zero-order chi connectivity index (χ0) is 29.6. The predicted octanol–water partition coefficient (Wildman–Crippen LogP) is 9.86. The summed E-state index contributed by atoms with van der Waals surface area (Å²) >= 11 is 6.49. The van der Waals surface area contributed by atoms with E-state index in [0.29, 0.717) is 33.5 Å². The fraction of sp³-hybridized carbons (Fsp3) is 0.485. The number of hydrogen-bond donors (Lipinski definition) is 0. The van der Waals surface area contributed by atoms with Crippen LogP contribution in [-0.4, -0.2) is 18.2 Å². The Bertz CT molecular complexity index is 1310. The number of hydrogen-bond acceptors (Lipinski definition) is 5. The SMILES string of the molecule is CCCCCC(Oc1c(OC(C)C)c(OC(C)C)c(OC(=O)C(C)(C)C)c2ccc(Cl)cc12)c1ccccc1F. The molecule has 0 spiro atoms. The van der Waals surface area contributed by atoms with E-state index in [1.54, 1.807) is 57.2 Å². The molecule has 7 heteroatoms. The lowest BCUT2D eigenvalue weighted by atomic mass is 9.97. The van der Waals surface area contributed by atoms with E-state index in [1.807, 2.05) is 27.7 Å². The minimum Gasteiger partial charge on any atom is -0.484 e. The van der Waals surface area contributed by atoms with Gasteiger partial charge < -0.3 is 18.9 Å². The first kappa shape index (κ1) is 31.5. The predicted molar refractivity (Wildman–Crippen MR) is 159 cm³/mol. The van der Waals surface area contributed by atoms with Crippen LogP contribution in [0.3, 0.4) is 0 Å². The lowest BCUT2D eigenvalue weighted by molar-refractivity contribution is -0.143. The Hall–Kier alpha value is -2.99. The minimum atomic E-state index is -0.767. The van der Waals surface area contributed by atoms with Gasteiger partial charge in [0.1, 0.15) is 11.9 Å². The van der Waals surface area contributed by atoms with Crippen molar-refractivity contribution in [3.8, 4) is 23.0 Å². The average molecular weight is 573 g/mol. The van der Waals surface area contributed by atoms with Gasteiger partial charge in [-0.25, -0.2) is 4.39 Å². The van der Waals surface area contributed by atoms with Gasteiger partial charge in [0.2, 0.25) is 11.5 Å². The highest BCUT2D eigenvalue weighted by molar-refractivity contribution is 6.31. The first-order chi connectivity index (χ1) is 18.8. The zero-order valence-electron chi connectivity index (χ0n) is 24.9. The molecule has 0 fully saturated rings. The molecule has 0 amide bonds. The summed E-state index contributed by atoms with van der Waals surface area (Å²) < 4.78 is 40.5. The first-order valence-corrected chi connectivity index (χ1v) is 14.5. The Morgan fingerprint density at radius 1 is 0.850 bits per heavy atom. The summed E-state index contributed by atoms with van der Waals surface area (Å²) in [6, 6.07) is 11.9. The summed E-state index contributed by atoms with van der Waals surface area (Å²) in [5.74, 6) is 0.371. The van der Waals surface area contributed by atoms with Crippen LogP contribution in [-0.2, 0) is 4.79 Å². The van der Waals surface area contributed by atoms with Crippen LogP contribution in [0.4, 0.5) is 4.39 Å². The number of unbranched alkanes of at least 4 members (excludes halogenated alkanes) is 2. The number of carbonyl (C=O) groups excluding carboxylic acids is 1. The second-order valence-electron chi connectivity index (χ2n) is 11.6. The van der Waals surface area contributed by atoms with Crippen LogP contribution >= 0.6 is 11.6 Å². The summed E-state index contributed by atoms with van der Waals surface area (Å²) in [4.78, 5) is 13.1. The topological polar surface area (TPSA) is 54.0 Å². The Labute approximate surface area is 242 Å². The second-order valence-corrected chi connectivity index (χ2v) is 12.0. The summed E-state index contributed by atoms with van der Waals surface area (Å²) in [6.07, 6.45) is 2.31. The fourth-order valence-electron chi connectivity index (χ4n) is 4.24. The molecule has 0 saturated carbocycles. The highest BCUT2D eigenvalue weighted by Crippen LogP contribution is 2.54. The van der Waals surface area contributed by atoms with Gasteiger partial charge in [-0.3, -0.25) is 4.79 Å². The van der Waals surface area contributed by atoms with Crippen molar-refractivity contribution in [2.75, 3.05) is 0 Å². The molecular formula is C33H42ClFO5. The maximum absolute atomic E-state index is 15.1. The molecule has 40 heavy (non-hydrogen) atoms. The third-order valence-corrected chi connectivity index (χ3v) is 6.42. The third kappa shape index (κ3) is 7.81. The zero-order valence-corrected chi connectivity index (χ0v) is 25.7. The van der Waals surface area contributed by atoms with E-state index in [2.05, 4.69) is 6.92 Å². The molecule has 3 aromatic rings. The van der Waals surface area contributed by atoms with Gasteiger partial charge in [-0.1, -0.05) is 49.6 Å². The average Bonchev–Trinajstić information content (AvgIpc) is 2.86. The number of esters is 1. The van der Waals surface area contributed by atoms with E-state index in [-0.39, 0.29) is 35.3 Å². The molecule has 0 radical (unpaired) electrons.